The number of allylic oxidation sites excluding steroid dienone is 1. The van der Waals surface area contributed by atoms with Crippen LogP contribution in [0.5, 0.6) is 0 Å². The molecule has 0 spiro atoms. The molecule has 0 aromatic heterocycles. The molecule has 0 aliphatic carbocycles. The lowest BCUT2D eigenvalue weighted by Gasteiger charge is -2.29. The lowest BCUT2D eigenvalue weighted by molar-refractivity contribution is 0.0703. The number of hydrogen-bond acceptors (Lipinski definition) is 8. The molecule has 0 fully saturated rings. The Morgan fingerprint density at radius 2 is 1.82 bits per heavy atom. The largest absolute Gasteiger partial charge is 0.447 e. The van der Waals surface area contributed by atoms with Gasteiger partial charge in [0.25, 0.3) is 12.3 Å². The fraction of sp³-hybridized carbons (Fsp3) is 0.259. The molecule has 2 aromatic carbocycles. The van der Waals surface area contributed by atoms with Crippen LogP contribution < -0.4 is 15.6 Å². The number of nitrogens with one attached hydrogen (secondary N) is 3. The fourth-order valence-electron chi connectivity index (χ4n) is 3.65. The summed E-state index contributed by atoms with van der Waals surface area (Å²) in [4.78, 5) is 33.7. The maximum absolute atomic E-state index is 13.8. The third kappa shape index (κ3) is 10.1. The highest BCUT2D eigenvalue weighted by molar-refractivity contribution is 6.33. The van der Waals surface area contributed by atoms with Crippen LogP contribution in [-0.4, -0.2) is 82.5 Å². The highest BCUT2D eigenvalue weighted by atomic mass is 35.5. The first-order chi connectivity index (χ1) is 21.1. The zero-order valence-electron chi connectivity index (χ0n) is 23.1. The number of nitrogens with zero attached hydrogens (tertiary/aromatic N) is 5. The van der Waals surface area contributed by atoms with Gasteiger partial charge in [0, 0.05) is 30.6 Å². The number of ether oxygens (including phenoxy) is 1. The molecule has 236 valence electrons. The first kappa shape index (κ1) is 35.3. The van der Waals surface area contributed by atoms with Gasteiger partial charge in [-0.05, 0) is 42.1 Å². The standard InChI is InChI=1S/C27H28ClF5N8O3/c1-35-10-20(11-37-14-29)17-3-5-18(6-4-17)25(42)40(15-34)23(13-44-27(43)38-12-24(30)31)19-7-8-21(28)22(9-19)41(26(32)33)39-16-36-2/h3-11,15-16,23-24,26,34,37H,2,12-14H2,1H3,(H,38,43)/b20-11+,34-15?,35-10?,39-16-. The number of alkyl carbamates (subject to hydrolysis) is 1. The second-order valence-electron chi connectivity index (χ2n) is 8.38. The molecule has 2 amide bonds. The van der Waals surface area contributed by atoms with Gasteiger partial charge in [-0.3, -0.25) is 25.1 Å². The number of carbonyl (C=O) groups excluding carboxylic acids is 2. The predicted octanol–water partition coefficient (Wildman–Crippen LogP) is 5.35. The number of anilines is 1. The summed E-state index contributed by atoms with van der Waals surface area (Å²) in [7, 11) is 1.52. The van der Waals surface area contributed by atoms with Gasteiger partial charge in [0.1, 0.15) is 12.9 Å². The molecule has 0 saturated heterocycles. The van der Waals surface area contributed by atoms with Crippen LogP contribution in [0.2, 0.25) is 5.02 Å². The minimum atomic E-state index is -3.19. The number of carbonyl (C=O) groups is 2. The first-order valence-corrected chi connectivity index (χ1v) is 12.8. The number of rotatable bonds is 16. The van der Waals surface area contributed by atoms with Crippen LogP contribution in [0.1, 0.15) is 27.5 Å². The number of amides is 2. The van der Waals surface area contributed by atoms with Crippen LogP contribution in [0, 0.1) is 5.41 Å². The molecule has 0 saturated carbocycles. The van der Waals surface area contributed by atoms with Crippen LogP contribution in [-0.2, 0) is 4.74 Å². The van der Waals surface area contributed by atoms with Crippen molar-refractivity contribution in [2.24, 2.45) is 15.1 Å². The average molecular weight is 643 g/mol. The van der Waals surface area contributed by atoms with E-state index >= 15 is 0 Å². The smallest absolute Gasteiger partial charge is 0.407 e. The van der Waals surface area contributed by atoms with Crippen LogP contribution in [0.15, 0.2) is 63.8 Å². The minimum Gasteiger partial charge on any atom is -0.447 e. The van der Waals surface area contributed by atoms with E-state index in [1.54, 1.807) is 12.1 Å². The van der Waals surface area contributed by atoms with E-state index in [1.807, 2.05) is 5.32 Å². The third-order valence-corrected chi connectivity index (χ3v) is 5.91. The Kier molecular flexibility index (Phi) is 14.4. The molecule has 17 heteroatoms. The van der Waals surface area contributed by atoms with Crippen molar-refractivity contribution in [2.75, 3.05) is 32.0 Å². The highest BCUT2D eigenvalue weighted by Crippen LogP contribution is 2.33. The quantitative estimate of drug-likeness (QED) is 0.0746. The van der Waals surface area contributed by atoms with Gasteiger partial charge in [0.2, 0.25) is 0 Å². The van der Waals surface area contributed by atoms with Crippen LogP contribution in [0.4, 0.5) is 32.4 Å². The van der Waals surface area contributed by atoms with Crippen molar-refractivity contribution in [1.29, 1.82) is 5.41 Å². The number of benzene rings is 2. The van der Waals surface area contributed by atoms with Crippen molar-refractivity contribution in [3.8, 4) is 0 Å². The Labute approximate surface area is 254 Å². The topological polar surface area (TPSA) is 135 Å². The Morgan fingerprint density at radius 1 is 1.14 bits per heavy atom. The van der Waals surface area contributed by atoms with E-state index in [2.05, 4.69) is 27.1 Å². The summed E-state index contributed by atoms with van der Waals surface area (Å²) in [6, 6.07) is 8.27. The molecule has 0 aliphatic heterocycles. The molecule has 1 unspecified atom stereocenters. The summed E-state index contributed by atoms with van der Waals surface area (Å²) < 4.78 is 70.4. The van der Waals surface area contributed by atoms with Gasteiger partial charge in [0.05, 0.1) is 29.6 Å². The molecule has 0 bridgehead atoms. The second-order valence-corrected chi connectivity index (χ2v) is 8.78. The van der Waals surface area contributed by atoms with E-state index in [4.69, 9.17) is 21.7 Å². The summed E-state index contributed by atoms with van der Waals surface area (Å²) in [5.74, 6) is -0.777. The Hall–Kier alpha value is -4.86. The van der Waals surface area contributed by atoms with Crippen molar-refractivity contribution in [1.82, 2.24) is 15.5 Å². The molecule has 2 aromatic rings. The van der Waals surface area contributed by atoms with E-state index < -0.39 is 51.0 Å². The molecular weight excluding hydrogens is 615 g/mol. The summed E-state index contributed by atoms with van der Waals surface area (Å²) in [5, 5.41) is 15.8. The first-order valence-electron chi connectivity index (χ1n) is 12.5. The maximum atomic E-state index is 13.8. The lowest BCUT2D eigenvalue weighted by atomic mass is 10.0. The average Bonchev–Trinajstić information content (AvgIpc) is 3.01. The number of hydrazone groups is 1. The summed E-state index contributed by atoms with van der Waals surface area (Å²) in [5.41, 5.74) is 0.857. The van der Waals surface area contributed by atoms with Gasteiger partial charge in [-0.2, -0.15) is 13.9 Å². The molecule has 1 atom stereocenters. The van der Waals surface area contributed by atoms with Gasteiger partial charge < -0.3 is 15.4 Å². The molecule has 0 heterocycles. The second kappa shape index (κ2) is 17.9. The lowest BCUT2D eigenvalue weighted by Crippen LogP contribution is -2.38. The third-order valence-electron chi connectivity index (χ3n) is 5.59. The monoisotopic (exact) mass is 642 g/mol. The van der Waals surface area contributed by atoms with Gasteiger partial charge in [-0.1, -0.05) is 29.8 Å². The zero-order chi connectivity index (χ0) is 32.6. The minimum absolute atomic E-state index is 0.0562. The molecule has 0 radical (unpaired) electrons. The van der Waals surface area contributed by atoms with Crippen molar-refractivity contribution >= 4 is 60.5 Å². The summed E-state index contributed by atoms with van der Waals surface area (Å²) >= 11 is 6.16. The molecule has 0 aliphatic rings. The Balaban J connectivity index is 2.54. The van der Waals surface area contributed by atoms with Crippen molar-refractivity contribution in [3.63, 3.8) is 0 Å². The molecule has 11 nitrogen and oxygen atoms in total. The predicted molar refractivity (Wildman–Crippen MR) is 159 cm³/mol. The fourth-order valence-corrected chi connectivity index (χ4v) is 3.86. The van der Waals surface area contributed by atoms with E-state index in [0.717, 1.165) is 17.3 Å². The summed E-state index contributed by atoms with van der Waals surface area (Å²) in [6.07, 6.45) is 0.113. The molecule has 44 heavy (non-hydrogen) atoms. The number of alkyl halides is 5. The maximum Gasteiger partial charge on any atom is 0.407 e. The van der Waals surface area contributed by atoms with Gasteiger partial charge >= 0.3 is 12.6 Å². The number of hydrogen-bond donors (Lipinski definition) is 3. The van der Waals surface area contributed by atoms with Crippen molar-refractivity contribution in [3.05, 3.63) is 70.4 Å². The van der Waals surface area contributed by atoms with Gasteiger partial charge in [-0.25, -0.2) is 23.0 Å². The van der Waals surface area contributed by atoms with Crippen LogP contribution in [0.25, 0.3) is 5.57 Å². The van der Waals surface area contributed by atoms with Crippen LogP contribution >= 0.6 is 11.6 Å². The van der Waals surface area contributed by atoms with Crippen LogP contribution in [0.3, 0.4) is 0 Å². The number of halogens is 6. The summed E-state index contributed by atoms with van der Waals surface area (Å²) in [6.45, 7) is -2.57. The number of aliphatic imine (C=N–C) groups is 2. The molecule has 2 rings (SSSR count). The van der Waals surface area contributed by atoms with Crippen molar-refractivity contribution in [2.45, 2.75) is 19.0 Å². The highest BCUT2D eigenvalue weighted by Gasteiger charge is 2.29. The normalized spacial score (nSPS) is 12.4. The Morgan fingerprint density at radius 3 is 2.39 bits per heavy atom. The SMILES string of the molecule is C=N/C=N\N(c1cc(C(COC(=O)NCC(F)F)N(C=N)C(=O)c2ccc(/C(C=NC)=C/NCF)cc2)ccc1Cl)C(F)F. The van der Waals surface area contributed by atoms with E-state index in [1.165, 1.54) is 43.7 Å². The molecule has 3 N–H and O–H groups in total. The van der Waals surface area contributed by atoms with E-state index in [0.29, 0.717) is 17.5 Å². The van der Waals surface area contributed by atoms with Crippen molar-refractivity contribution < 1.29 is 36.3 Å². The zero-order valence-corrected chi connectivity index (χ0v) is 23.9. The van der Waals surface area contributed by atoms with Gasteiger partial charge in [0.15, 0.2) is 6.80 Å². The van der Waals surface area contributed by atoms with E-state index in [-0.39, 0.29) is 26.8 Å². The Bertz CT molecular complexity index is 1380. The van der Waals surface area contributed by atoms with E-state index in [9.17, 15) is 31.5 Å². The van der Waals surface area contributed by atoms with Gasteiger partial charge in [-0.15, -0.1) is 0 Å². The molecular formula is C27H28ClF5N8O3.